The average Bonchev–Trinajstić information content (AvgIpc) is 2.28. The largest absolute Gasteiger partial charge is 0.416 e. The molecule has 1 aromatic carbocycles. The van der Waals surface area contributed by atoms with Crippen molar-refractivity contribution < 1.29 is 18.3 Å². The van der Waals surface area contributed by atoms with Gasteiger partial charge in [-0.2, -0.15) is 13.2 Å². The maximum absolute atomic E-state index is 12.6. The molecule has 0 fully saturated rings. The van der Waals surface area contributed by atoms with Crippen LogP contribution in [0.2, 0.25) is 0 Å². The van der Waals surface area contributed by atoms with Crippen LogP contribution in [-0.2, 0) is 12.7 Å². The highest BCUT2D eigenvalue weighted by molar-refractivity contribution is 5.29. The van der Waals surface area contributed by atoms with Crippen molar-refractivity contribution in [3.8, 4) is 0 Å². The Balaban J connectivity index is 2.65. The first-order valence-electron chi connectivity index (χ1n) is 5.49. The van der Waals surface area contributed by atoms with Crippen LogP contribution in [0, 0.1) is 0 Å². The third-order valence-electron chi connectivity index (χ3n) is 2.49. The van der Waals surface area contributed by atoms with Crippen LogP contribution in [0.5, 0.6) is 0 Å². The summed E-state index contributed by atoms with van der Waals surface area (Å²) < 4.78 is 37.9. The maximum atomic E-state index is 12.6. The molecule has 96 valence electrons. The number of aliphatic hydroxyl groups is 1. The van der Waals surface area contributed by atoms with Crippen LogP contribution in [0.4, 0.5) is 13.2 Å². The third-order valence-corrected chi connectivity index (χ3v) is 2.49. The van der Waals surface area contributed by atoms with E-state index in [0.29, 0.717) is 13.0 Å². The van der Waals surface area contributed by atoms with Gasteiger partial charge in [-0.3, -0.25) is 0 Å². The van der Waals surface area contributed by atoms with Crippen LogP contribution in [0.3, 0.4) is 0 Å². The summed E-state index contributed by atoms with van der Waals surface area (Å²) in [5.41, 5.74) is -0.429. The van der Waals surface area contributed by atoms with Gasteiger partial charge in [0.25, 0.3) is 0 Å². The smallest absolute Gasteiger partial charge is 0.392 e. The van der Waals surface area contributed by atoms with Gasteiger partial charge in [0.05, 0.1) is 11.7 Å². The number of hydrogen-bond acceptors (Lipinski definition) is 2. The second kappa shape index (κ2) is 6.02. The normalized spacial score (nSPS) is 13.7. The summed E-state index contributed by atoms with van der Waals surface area (Å²) in [7, 11) is 0. The zero-order chi connectivity index (χ0) is 12.9. The van der Waals surface area contributed by atoms with E-state index in [-0.39, 0.29) is 12.1 Å². The number of aliphatic hydroxyl groups excluding tert-OH is 1. The molecular weight excluding hydrogens is 231 g/mol. The number of rotatable bonds is 5. The van der Waals surface area contributed by atoms with Crippen molar-refractivity contribution in [1.29, 1.82) is 0 Å². The van der Waals surface area contributed by atoms with Gasteiger partial charge in [0, 0.05) is 13.1 Å². The SMILES string of the molecule is CCC(O)CNCc1ccccc1C(F)(F)F. The van der Waals surface area contributed by atoms with E-state index < -0.39 is 17.8 Å². The molecule has 0 aliphatic heterocycles. The summed E-state index contributed by atoms with van der Waals surface area (Å²) >= 11 is 0. The molecule has 0 saturated carbocycles. The molecule has 0 spiro atoms. The van der Waals surface area contributed by atoms with Crippen molar-refractivity contribution in [2.24, 2.45) is 0 Å². The highest BCUT2D eigenvalue weighted by Gasteiger charge is 2.32. The fourth-order valence-corrected chi connectivity index (χ4v) is 1.47. The summed E-state index contributed by atoms with van der Waals surface area (Å²) in [5, 5.41) is 12.1. The van der Waals surface area contributed by atoms with Gasteiger partial charge in [-0.15, -0.1) is 0 Å². The molecule has 0 aliphatic carbocycles. The fraction of sp³-hybridized carbons (Fsp3) is 0.500. The first kappa shape index (κ1) is 14.0. The average molecular weight is 247 g/mol. The van der Waals surface area contributed by atoms with E-state index in [1.165, 1.54) is 12.1 Å². The molecule has 0 aliphatic rings. The molecular formula is C12H16F3NO. The standard InChI is InChI=1S/C12H16F3NO/c1-2-10(17)8-16-7-9-5-3-4-6-11(9)12(13,14)15/h3-6,10,16-17H,2,7-8H2,1H3. The lowest BCUT2D eigenvalue weighted by Crippen LogP contribution is -2.26. The predicted molar refractivity (Wildman–Crippen MR) is 59.4 cm³/mol. The van der Waals surface area contributed by atoms with Crippen molar-refractivity contribution >= 4 is 0 Å². The Morgan fingerprint density at radius 1 is 1.29 bits per heavy atom. The zero-order valence-corrected chi connectivity index (χ0v) is 9.59. The van der Waals surface area contributed by atoms with Crippen LogP contribution < -0.4 is 5.32 Å². The number of hydrogen-bond donors (Lipinski definition) is 2. The Hall–Kier alpha value is -1.07. The summed E-state index contributed by atoms with van der Waals surface area (Å²) in [5.74, 6) is 0. The zero-order valence-electron chi connectivity index (χ0n) is 9.59. The van der Waals surface area contributed by atoms with Gasteiger partial charge < -0.3 is 10.4 Å². The second-order valence-electron chi connectivity index (χ2n) is 3.85. The maximum Gasteiger partial charge on any atom is 0.416 e. The van der Waals surface area contributed by atoms with E-state index in [0.717, 1.165) is 6.07 Å². The van der Waals surface area contributed by atoms with Gasteiger partial charge in [-0.05, 0) is 18.1 Å². The van der Waals surface area contributed by atoms with Crippen molar-refractivity contribution in [3.63, 3.8) is 0 Å². The molecule has 0 saturated heterocycles. The van der Waals surface area contributed by atoms with Crippen molar-refractivity contribution in [1.82, 2.24) is 5.32 Å². The lowest BCUT2D eigenvalue weighted by atomic mass is 10.1. The van der Waals surface area contributed by atoms with E-state index in [1.54, 1.807) is 6.07 Å². The van der Waals surface area contributed by atoms with Gasteiger partial charge in [0.15, 0.2) is 0 Å². The molecule has 17 heavy (non-hydrogen) atoms. The first-order valence-corrected chi connectivity index (χ1v) is 5.49. The molecule has 2 N–H and O–H groups in total. The van der Waals surface area contributed by atoms with Gasteiger partial charge in [-0.1, -0.05) is 25.1 Å². The Labute approximate surface area is 98.5 Å². The summed E-state index contributed by atoms with van der Waals surface area (Å²) in [6.45, 7) is 2.21. The van der Waals surface area contributed by atoms with E-state index in [9.17, 15) is 18.3 Å². The van der Waals surface area contributed by atoms with Crippen LogP contribution >= 0.6 is 0 Å². The Bertz CT molecular complexity index is 352. The van der Waals surface area contributed by atoms with Crippen molar-refractivity contribution in [3.05, 3.63) is 35.4 Å². The molecule has 2 nitrogen and oxygen atoms in total. The van der Waals surface area contributed by atoms with E-state index >= 15 is 0 Å². The third kappa shape index (κ3) is 4.36. The van der Waals surface area contributed by atoms with Gasteiger partial charge in [0.2, 0.25) is 0 Å². The lowest BCUT2D eigenvalue weighted by molar-refractivity contribution is -0.138. The molecule has 1 atom stereocenters. The molecule has 1 rings (SSSR count). The minimum absolute atomic E-state index is 0.104. The van der Waals surface area contributed by atoms with E-state index in [1.807, 2.05) is 6.92 Å². The number of halogens is 3. The second-order valence-corrected chi connectivity index (χ2v) is 3.85. The highest BCUT2D eigenvalue weighted by atomic mass is 19.4. The highest BCUT2D eigenvalue weighted by Crippen LogP contribution is 2.31. The molecule has 5 heteroatoms. The molecule has 0 heterocycles. The van der Waals surface area contributed by atoms with Gasteiger partial charge in [0.1, 0.15) is 0 Å². The summed E-state index contributed by atoms with van der Waals surface area (Å²) in [4.78, 5) is 0. The minimum Gasteiger partial charge on any atom is -0.392 e. The number of benzene rings is 1. The molecule has 0 amide bonds. The topological polar surface area (TPSA) is 32.3 Å². The Morgan fingerprint density at radius 3 is 2.53 bits per heavy atom. The Morgan fingerprint density at radius 2 is 1.94 bits per heavy atom. The predicted octanol–water partition coefficient (Wildman–Crippen LogP) is 2.57. The van der Waals surface area contributed by atoms with Gasteiger partial charge >= 0.3 is 6.18 Å². The van der Waals surface area contributed by atoms with Crippen molar-refractivity contribution in [2.75, 3.05) is 6.54 Å². The van der Waals surface area contributed by atoms with Crippen LogP contribution in [-0.4, -0.2) is 17.8 Å². The van der Waals surface area contributed by atoms with Crippen LogP contribution in [0.25, 0.3) is 0 Å². The van der Waals surface area contributed by atoms with Crippen LogP contribution in [0.1, 0.15) is 24.5 Å². The molecule has 0 aromatic heterocycles. The van der Waals surface area contributed by atoms with E-state index in [4.69, 9.17) is 0 Å². The monoisotopic (exact) mass is 247 g/mol. The lowest BCUT2D eigenvalue weighted by Gasteiger charge is -2.14. The molecule has 1 unspecified atom stereocenters. The van der Waals surface area contributed by atoms with Crippen molar-refractivity contribution in [2.45, 2.75) is 32.2 Å². The minimum atomic E-state index is -4.33. The molecule has 1 aromatic rings. The number of alkyl halides is 3. The summed E-state index contributed by atoms with van der Waals surface area (Å²) in [6.07, 6.45) is -4.27. The quantitative estimate of drug-likeness (QED) is 0.838. The Kier molecular flexibility index (Phi) is 4.96. The molecule has 0 bridgehead atoms. The van der Waals surface area contributed by atoms with E-state index in [2.05, 4.69) is 5.32 Å². The van der Waals surface area contributed by atoms with Crippen LogP contribution in [0.15, 0.2) is 24.3 Å². The first-order chi connectivity index (χ1) is 7.95. The molecule has 0 radical (unpaired) electrons. The van der Waals surface area contributed by atoms with Gasteiger partial charge in [-0.25, -0.2) is 0 Å². The fourth-order valence-electron chi connectivity index (χ4n) is 1.47. The summed E-state index contributed by atoms with van der Waals surface area (Å²) in [6, 6.07) is 5.44. The number of nitrogens with one attached hydrogen (secondary N) is 1.